The highest BCUT2D eigenvalue weighted by Gasteiger charge is 2.16. The van der Waals surface area contributed by atoms with Gasteiger partial charge in [-0.15, -0.1) is 0 Å². The van der Waals surface area contributed by atoms with Crippen LogP contribution in [0.1, 0.15) is 37.8 Å². The monoisotopic (exact) mass is 220 g/mol. The molecule has 1 heteroatoms. The summed E-state index contributed by atoms with van der Waals surface area (Å²) < 4.78 is 5.23. The van der Waals surface area contributed by atoms with Crippen molar-refractivity contribution in [2.24, 2.45) is 5.41 Å². The summed E-state index contributed by atoms with van der Waals surface area (Å²) in [7, 11) is 1.78. The second kappa shape index (κ2) is 6.05. The Bertz CT molecular complexity index is 315. The van der Waals surface area contributed by atoms with Gasteiger partial charge < -0.3 is 4.74 Å². The first-order valence-corrected chi connectivity index (χ1v) is 6.08. The minimum absolute atomic E-state index is 0.304. The van der Waals surface area contributed by atoms with Gasteiger partial charge >= 0.3 is 0 Å². The molecule has 90 valence electrons. The third-order valence-corrected chi connectivity index (χ3v) is 2.94. The standard InChI is InChI=1S/C15H24O/c1-13-7-5-8-14(11-13)9-6-10-15(2,3)12-16-4/h5,7-8,11H,6,9-10,12H2,1-4H3. The average Bonchev–Trinajstić information content (AvgIpc) is 2.17. The molecule has 1 rings (SSSR count). The summed E-state index contributed by atoms with van der Waals surface area (Å²) in [6, 6.07) is 8.79. The molecule has 16 heavy (non-hydrogen) atoms. The second-order valence-corrected chi connectivity index (χ2v) is 5.44. The lowest BCUT2D eigenvalue weighted by atomic mass is 9.87. The highest BCUT2D eigenvalue weighted by molar-refractivity contribution is 5.22. The van der Waals surface area contributed by atoms with Gasteiger partial charge in [0, 0.05) is 7.11 Å². The number of rotatable bonds is 6. The van der Waals surface area contributed by atoms with Gasteiger partial charge in [0.2, 0.25) is 0 Å². The van der Waals surface area contributed by atoms with Crippen LogP contribution in [0.5, 0.6) is 0 Å². The molecular formula is C15H24O. The first-order chi connectivity index (χ1) is 7.53. The lowest BCUT2D eigenvalue weighted by molar-refractivity contribution is 0.0968. The fraction of sp³-hybridized carbons (Fsp3) is 0.600. The SMILES string of the molecule is COCC(C)(C)CCCc1cccc(C)c1. The normalized spacial score (nSPS) is 11.8. The smallest absolute Gasteiger partial charge is 0.0513 e. The summed E-state index contributed by atoms with van der Waals surface area (Å²) in [6.07, 6.45) is 3.63. The molecule has 0 amide bonds. The molecule has 0 N–H and O–H groups in total. The maximum absolute atomic E-state index is 5.23. The van der Waals surface area contributed by atoms with Crippen LogP contribution in [0, 0.1) is 12.3 Å². The number of hydrogen-bond acceptors (Lipinski definition) is 1. The summed E-state index contributed by atoms with van der Waals surface area (Å²) >= 11 is 0. The molecule has 0 atom stereocenters. The third-order valence-electron chi connectivity index (χ3n) is 2.94. The van der Waals surface area contributed by atoms with E-state index in [1.54, 1.807) is 7.11 Å². The van der Waals surface area contributed by atoms with Crippen molar-refractivity contribution in [1.29, 1.82) is 0 Å². The fourth-order valence-electron chi connectivity index (χ4n) is 2.10. The molecule has 0 unspecified atom stereocenters. The zero-order valence-electron chi connectivity index (χ0n) is 11.0. The highest BCUT2D eigenvalue weighted by atomic mass is 16.5. The van der Waals surface area contributed by atoms with Gasteiger partial charge in [-0.05, 0) is 37.2 Å². The van der Waals surface area contributed by atoms with E-state index in [0.29, 0.717) is 5.41 Å². The second-order valence-electron chi connectivity index (χ2n) is 5.44. The van der Waals surface area contributed by atoms with Crippen molar-refractivity contribution in [3.05, 3.63) is 35.4 Å². The zero-order valence-corrected chi connectivity index (χ0v) is 11.0. The number of aryl methyl sites for hydroxylation is 2. The van der Waals surface area contributed by atoms with Gasteiger partial charge in [0.1, 0.15) is 0 Å². The first kappa shape index (κ1) is 13.2. The van der Waals surface area contributed by atoms with E-state index in [1.165, 1.54) is 30.4 Å². The van der Waals surface area contributed by atoms with E-state index in [4.69, 9.17) is 4.74 Å². The summed E-state index contributed by atoms with van der Waals surface area (Å²) in [5.74, 6) is 0. The molecule has 0 bridgehead atoms. The van der Waals surface area contributed by atoms with Crippen LogP contribution in [-0.4, -0.2) is 13.7 Å². The first-order valence-electron chi connectivity index (χ1n) is 6.08. The molecule has 1 aromatic rings. The maximum Gasteiger partial charge on any atom is 0.0513 e. The van der Waals surface area contributed by atoms with Crippen molar-refractivity contribution < 1.29 is 4.74 Å². The number of ether oxygens (including phenoxy) is 1. The van der Waals surface area contributed by atoms with E-state index in [9.17, 15) is 0 Å². The quantitative estimate of drug-likeness (QED) is 0.704. The van der Waals surface area contributed by atoms with Crippen LogP contribution in [0.3, 0.4) is 0 Å². The number of benzene rings is 1. The molecular weight excluding hydrogens is 196 g/mol. The summed E-state index contributed by atoms with van der Waals surface area (Å²) in [5.41, 5.74) is 3.11. The Morgan fingerprint density at radius 3 is 2.62 bits per heavy atom. The number of hydrogen-bond donors (Lipinski definition) is 0. The molecule has 1 nitrogen and oxygen atoms in total. The maximum atomic E-state index is 5.23. The Hall–Kier alpha value is -0.820. The van der Waals surface area contributed by atoms with Crippen molar-refractivity contribution in [2.45, 2.75) is 40.0 Å². The van der Waals surface area contributed by atoms with Crippen LogP contribution in [0.2, 0.25) is 0 Å². The van der Waals surface area contributed by atoms with E-state index < -0.39 is 0 Å². The summed E-state index contributed by atoms with van der Waals surface area (Å²) in [5, 5.41) is 0. The van der Waals surface area contributed by atoms with Gasteiger partial charge in [-0.1, -0.05) is 43.7 Å². The molecule has 0 aliphatic carbocycles. The van der Waals surface area contributed by atoms with E-state index in [0.717, 1.165) is 6.61 Å². The predicted molar refractivity (Wildman–Crippen MR) is 69.8 cm³/mol. The minimum Gasteiger partial charge on any atom is -0.384 e. The van der Waals surface area contributed by atoms with Crippen LogP contribution in [0.15, 0.2) is 24.3 Å². The third kappa shape index (κ3) is 4.80. The van der Waals surface area contributed by atoms with E-state index >= 15 is 0 Å². The van der Waals surface area contributed by atoms with Crippen molar-refractivity contribution in [1.82, 2.24) is 0 Å². The Kier molecular flexibility index (Phi) is 5.01. The van der Waals surface area contributed by atoms with Gasteiger partial charge in [-0.2, -0.15) is 0 Å². The Morgan fingerprint density at radius 1 is 1.25 bits per heavy atom. The molecule has 0 aliphatic heterocycles. The number of methoxy groups -OCH3 is 1. The van der Waals surface area contributed by atoms with Gasteiger partial charge in [0.25, 0.3) is 0 Å². The molecule has 0 spiro atoms. The zero-order chi connectivity index (χ0) is 12.0. The largest absolute Gasteiger partial charge is 0.384 e. The molecule has 0 saturated heterocycles. The van der Waals surface area contributed by atoms with Gasteiger partial charge in [-0.3, -0.25) is 0 Å². The van der Waals surface area contributed by atoms with E-state index in [1.807, 2.05) is 0 Å². The van der Waals surface area contributed by atoms with Crippen molar-refractivity contribution in [3.63, 3.8) is 0 Å². The molecule has 0 heterocycles. The van der Waals surface area contributed by atoms with Gasteiger partial charge in [0.05, 0.1) is 6.61 Å². The molecule has 0 aromatic heterocycles. The van der Waals surface area contributed by atoms with Crippen LogP contribution in [0.4, 0.5) is 0 Å². The topological polar surface area (TPSA) is 9.23 Å². The molecule has 0 fully saturated rings. The van der Waals surface area contributed by atoms with Crippen LogP contribution >= 0.6 is 0 Å². The Morgan fingerprint density at radius 2 is 2.00 bits per heavy atom. The van der Waals surface area contributed by atoms with Crippen LogP contribution in [0.25, 0.3) is 0 Å². The van der Waals surface area contributed by atoms with Gasteiger partial charge in [0.15, 0.2) is 0 Å². The minimum atomic E-state index is 0.304. The fourth-order valence-corrected chi connectivity index (χ4v) is 2.10. The van der Waals surface area contributed by atoms with Gasteiger partial charge in [-0.25, -0.2) is 0 Å². The molecule has 0 saturated carbocycles. The summed E-state index contributed by atoms with van der Waals surface area (Å²) in [6.45, 7) is 7.54. The lowest BCUT2D eigenvalue weighted by Crippen LogP contribution is -2.18. The van der Waals surface area contributed by atoms with Crippen LogP contribution < -0.4 is 0 Å². The Labute approximate surface area is 99.8 Å². The van der Waals surface area contributed by atoms with Crippen molar-refractivity contribution in [3.8, 4) is 0 Å². The summed E-state index contributed by atoms with van der Waals surface area (Å²) in [4.78, 5) is 0. The predicted octanol–water partition coefficient (Wildman–Crippen LogP) is 3.99. The lowest BCUT2D eigenvalue weighted by Gasteiger charge is -2.23. The average molecular weight is 220 g/mol. The van der Waals surface area contributed by atoms with Crippen molar-refractivity contribution in [2.75, 3.05) is 13.7 Å². The van der Waals surface area contributed by atoms with Crippen LogP contribution in [-0.2, 0) is 11.2 Å². The van der Waals surface area contributed by atoms with Crippen molar-refractivity contribution >= 4 is 0 Å². The van der Waals surface area contributed by atoms with E-state index in [-0.39, 0.29) is 0 Å². The Balaban J connectivity index is 2.35. The highest BCUT2D eigenvalue weighted by Crippen LogP contribution is 2.23. The molecule has 1 aromatic carbocycles. The molecule has 0 aliphatic rings. The van der Waals surface area contributed by atoms with E-state index in [2.05, 4.69) is 45.0 Å². The molecule has 0 radical (unpaired) electrons.